The molecule has 0 aliphatic heterocycles. The van der Waals surface area contributed by atoms with E-state index in [9.17, 15) is 10.2 Å². The summed E-state index contributed by atoms with van der Waals surface area (Å²) >= 11 is 1.82. The quantitative estimate of drug-likeness (QED) is 0.748. The van der Waals surface area contributed by atoms with Gasteiger partial charge in [-0.05, 0) is 50.5 Å². The highest BCUT2D eigenvalue weighted by atomic mass is 32.2. The van der Waals surface area contributed by atoms with Crippen LogP contribution in [0.5, 0.6) is 5.75 Å². The molecule has 16 heavy (non-hydrogen) atoms. The normalized spacial score (nSPS) is 14.7. The van der Waals surface area contributed by atoms with Crippen LogP contribution < -0.4 is 0 Å². The summed E-state index contributed by atoms with van der Waals surface area (Å²) in [6.07, 6.45) is 2.76. The van der Waals surface area contributed by atoms with Crippen LogP contribution in [0, 0.1) is 0 Å². The number of thioether (sulfide) groups is 1. The van der Waals surface area contributed by atoms with Gasteiger partial charge in [0.25, 0.3) is 0 Å². The van der Waals surface area contributed by atoms with Crippen molar-refractivity contribution in [1.29, 1.82) is 0 Å². The summed E-state index contributed by atoms with van der Waals surface area (Å²) in [6, 6.07) is 7.30. The van der Waals surface area contributed by atoms with Crippen LogP contribution in [0.4, 0.5) is 0 Å². The molecule has 0 spiro atoms. The second kappa shape index (κ2) is 6.81. The van der Waals surface area contributed by atoms with Crippen LogP contribution in [0.1, 0.15) is 33.1 Å². The van der Waals surface area contributed by atoms with Crippen LogP contribution >= 0.6 is 11.8 Å². The van der Waals surface area contributed by atoms with Crippen molar-refractivity contribution in [3.63, 3.8) is 0 Å². The van der Waals surface area contributed by atoms with Gasteiger partial charge in [0.1, 0.15) is 5.75 Å². The maximum atomic E-state index is 9.26. The summed E-state index contributed by atoms with van der Waals surface area (Å²) < 4.78 is 0. The summed E-state index contributed by atoms with van der Waals surface area (Å²) in [5.41, 5.74) is 0. The van der Waals surface area contributed by atoms with Crippen molar-refractivity contribution >= 4 is 11.8 Å². The van der Waals surface area contributed by atoms with E-state index in [1.165, 1.54) is 4.90 Å². The fourth-order valence-corrected chi connectivity index (χ4v) is 2.59. The number of aliphatic hydroxyl groups excluding tert-OH is 1. The van der Waals surface area contributed by atoms with E-state index < -0.39 is 0 Å². The third-order valence-corrected chi connectivity index (χ3v) is 3.95. The Hall–Kier alpha value is -0.670. The lowest BCUT2D eigenvalue weighted by Gasteiger charge is -2.15. The molecule has 2 N–H and O–H groups in total. The van der Waals surface area contributed by atoms with Gasteiger partial charge in [-0.25, -0.2) is 0 Å². The Morgan fingerprint density at radius 2 is 1.81 bits per heavy atom. The van der Waals surface area contributed by atoms with Gasteiger partial charge >= 0.3 is 0 Å². The smallest absolute Gasteiger partial charge is 0.115 e. The molecule has 0 radical (unpaired) electrons. The minimum Gasteiger partial charge on any atom is -0.508 e. The highest BCUT2D eigenvalue weighted by Crippen LogP contribution is 2.29. The number of benzene rings is 1. The molecule has 0 amide bonds. The number of rotatable bonds is 6. The lowest BCUT2D eigenvalue weighted by Crippen LogP contribution is -2.07. The Bertz CT molecular complexity index is 295. The van der Waals surface area contributed by atoms with Crippen LogP contribution in [0.3, 0.4) is 0 Å². The average Bonchev–Trinajstić information content (AvgIpc) is 2.26. The average molecular weight is 240 g/mol. The standard InChI is InChI=1S/C13H20O2S/c1-3-12(7-4-10(2)14)16-13-8-5-11(15)6-9-13/h5-6,8-10,12,14-15H,3-4,7H2,1-2H3. The number of hydrogen-bond donors (Lipinski definition) is 2. The lowest BCUT2D eigenvalue weighted by atomic mass is 10.1. The SMILES string of the molecule is CCC(CCC(C)O)Sc1ccc(O)cc1. The van der Waals surface area contributed by atoms with Crippen molar-refractivity contribution in [3.05, 3.63) is 24.3 Å². The molecule has 0 heterocycles. The first-order valence-corrected chi connectivity index (χ1v) is 6.63. The second-order valence-electron chi connectivity index (χ2n) is 4.07. The molecule has 0 bridgehead atoms. The van der Waals surface area contributed by atoms with Crippen LogP contribution in [-0.2, 0) is 0 Å². The van der Waals surface area contributed by atoms with Gasteiger partial charge in [-0.15, -0.1) is 11.8 Å². The predicted molar refractivity (Wildman–Crippen MR) is 69.0 cm³/mol. The molecule has 1 aromatic rings. The van der Waals surface area contributed by atoms with Gasteiger partial charge < -0.3 is 10.2 Å². The van der Waals surface area contributed by atoms with Crippen LogP contribution in [0.15, 0.2) is 29.2 Å². The number of hydrogen-bond acceptors (Lipinski definition) is 3. The Kier molecular flexibility index (Phi) is 5.71. The molecule has 90 valence electrons. The van der Waals surface area contributed by atoms with Crippen molar-refractivity contribution in [1.82, 2.24) is 0 Å². The molecule has 0 fully saturated rings. The molecule has 2 nitrogen and oxygen atoms in total. The first-order valence-electron chi connectivity index (χ1n) is 5.75. The topological polar surface area (TPSA) is 40.5 Å². The highest BCUT2D eigenvalue weighted by Gasteiger charge is 2.09. The fourth-order valence-electron chi connectivity index (χ4n) is 1.49. The van der Waals surface area contributed by atoms with Gasteiger partial charge in [-0.3, -0.25) is 0 Å². The van der Waals surface area contributed by atoms with E-state index in [1.807, 2.05) is 30.8 Å². The van der Waals surface area contributed by atoms with Gasteiger partial charge in [-0.1, -0.05) is 6.92 Å². The predicted octanol–water partition coefficient (Wildman–Crippen LogP) is 3.42. The Balaban J connectivity index is 2.46. The minimum atomic E-state index is -0.213. The van der Waals surface area contributed by atoms with Crippen molar-refractivity contribution in [3.8, 4) is 5.75 Å². The summed E-state index contributed by atoms with van der Waals surface area (Å²) in [5.74, 6) is 0.307. The Morgan fingerprint density at radius 3 is 2.31 bits per heavy atom. The second-order valence-corrected chi connectivity index (χ2v) is 5.44. The first kappa shape index (κ1) is 13.4. The molecule has 1 aromatic carbocycles. The zero-order valence-corrected chi connectivity index (χ0v) is 10.7. The van der Waals surface area contributed by atoms with Crippen LogP contribution in [-0.4, -0.2) is 21.6 Å². The lowest BCUT2D eigenvalue weighted by molar-refractivity contribution is 0.181. The molecule has 3 heteroatoms. The molecule has 0 aliphatic carbocycles. The van der Waals surface area contributed by atoms with Gasteiger partial charge in [0, 0.05) is 10.1 Å². The van der Waals surface area contributed by atoms with Gasteiger partial charge in [0.05, 0.1) is 6.10 Å². The number of aliphatic hydroxyl groups is 1. The summed E-state index contributed by atoms with van der Waals surface area (Å²) in [4.78, 5) is 1.18. The van der Waals surface area contributed by atoms with E-state index in [1.54, 1.807) is 12.1 Å². The monoisotopic (exact) mass is 240 g/mol. The first-order chi connectivity index (χ1) is 7.61. The van der Waals surface area contributed by atoms with Gasteiger partial charge in [0.15, 0.2) is 0 Å². The molecule has 0 saturated carbocycles. The molecule has 0 aliphatic rings. The van der Waals surface area contributed by atoms with E-state index in [2.05, 4.69) is 6.92 Å². The van der Waals surface area contributed by atoms with E-state index in [4.69, 9.17) is 0 Å². The molecular weight excluding hydrogens is 220 g/mol. The van der Waals surface area contributed by atoms with Crippen LogP contribution in [0.25, 0.3) is 0 Å². The maximum Gasteiger partial charge on any atom is 0.115 e. The molecular formula is C13H20O2S. The molecule has 0 saturated heterocycles. The Morgan fingerprint density at radius 1 is 1.19 bits per heavy atom. The third kappa shape index (κ3) is 4.90. The molecule has 1 rings (SSSR count). The third-order valence-electron chi connectivity index (χ3n) is 2.50. The van der Waals surface area contributed by atoms with Crippen molar-refractivity contribution < 1.29 is 10.2 Å². The van der Waals surface area contributed by atoms with Crippen molar-refractivity contribution in [2.75, 3.05) is 0 Å². The molecule has 2 unspecified atom stereocenters. The molecule has 2 atom stereocenters. The van der Waals surface area contributed by atoms with Crippen LogP contribution in [0.2, 0.25) is 0 Å². The molecule has 0 aromatic heterocycles. The van der Waals surface area contributed by atoms with Gasteiger partial charge in [-0.2, -0.15) is 0 Å². The number of phenols is 1. The van der Waals surface area contributed by atoms with Crippen molar-refractivity contribution in [2.45, 2.75) is 49.4 Å². The van der Waals surface area contributed by atoms with E-state index in [0.717, 1.165) is 19.3 Å². The zero-order chi connectivity index (χ0) is 12.0. The van der Waals surface area contributed by atoms with E-state index in [-0.39, 0.29) is 6.10 Å². The zero-order valence-electron chi connectivity index (χ0n) is 9.89. The fraction of sp³-hybridized carbons (Fsp3) is 0.538. The van der Waals surface area contributed by atoms with E-state index in [0.29, 0.717) is 11.0 Å². The number of phenolic OH excluding ortho intramolecular Hbond substituents is 1. The van der Waals surface area contributed by atoms with E-state index >= 15 is 0 Å². The number of aromatic hydroxyl groups is 1. The van der Waals surface area contributed by atoms with Gasteiger partial charge in [0.2, 0.25) is 0 Å². The Labute approximate surface area is 102 Å². The summed E-state index contributed by atoms with van der Waals surface area (Å²) in [6.45, 7) is 4.00. The largest absolute Gasteiger partial charge is 0.508 e. The van der Waals surface area contributed by atoms with Crippen molar-refractivity contribution in [2.24, 2.45) is 0 Å². The summed E-state index contributed by atoms with van der Waals surface area (Å²) in [5, 5.41) is 19.0. The maximum absolute atomic E-state index is 9.26. The summed E-state index contributed by atoms with van der Waals surface area (Å²) in [7, 11) is 0. The highest BCUT2D eigenvalue weighted by molar-refractivity contribution is 8.00. The minimum absolute atomic E-state index is 0.213.